The van der Waals surface area contributed by atoms with Gasteiger partial charge in [0.2, 0.25) is 5.95 Å². The summed E-state index contributed by atoms with van der Waals surface area (Å²) in [6.07, 6.45) is 2.19. The number of hydrogen-bond acceptors (Lipinski definition) is 4. The predicted molar refractivity (Wildman–Crippen MR) is 84.9 cm³/mol. The highest BCUT2D eigenvalue weighted by Crippen LogP contribution is 2.39. The highest BCUT2D eigenvalue weighted by molar-refractivity contribution is 6.02. The molecule has 1 amide bonds. The maximum atomic E-state index is 13.8. The molecule has 3 aromatic rings. The van der Waals surface area contributed by atoms with Crippen LogP contribution in [0.15, 0.2) is 24.3 Å². The number of carbonyl (C=O) groups excluding carboxylic acids is 1. The molecule has 0 saturated heterocycles. The van der Waals surface area contributed by atoms with Gasteiger partial charge in [0.25, 0.3) is 5.91 Å². The first-order chi connectivity index (χ1) is 12.0. The molecule has 25 heavy (non-hydrogen) atoms. The summed E-state index contributed by atoms with van der Waals surface area (Å²) in [7, 11) is 1.79. The number of anilines is 1. The third kappa shape index (κ3) is 2.88. The van der Waals surface area contributed by atoms with Crippen molar-refractivity contribution in [3.63, 3.8) is 0 Å². The molecule has 1 aliphatic carbocycles. The normalized spacial score (nSPS) is 13.9. The Labute approximate surface area is 141 Å². The van der Waals surface area contributed by atoms with E-state index in [2.05, 4.69) is 25.6 Å². The minimum atomic E-state index is -0.771. The number of rotatable bonds is 4. The second kappa shape index (κ2) is 5.76. The molecule has 4 rings (SSSR count). The standard InChI is InChI=1S/C16H14F2N6O/c1-24-12(8-5-6-8)7-11(23-24)15(25)20-16-19-14(21-22-16)13-9(17)3-2-4-10(13)18/h2-4,7-8H,5-6H2,1H3,(H2,19,20,21,22,25). The minimum Gasteiger partial charge on any atom is -0.288 e. The molecule has 0 unspecified atom stereocenters. The number of benzene rings is 1. The Morgan fingerprint density at radius 3 is 2.72 bits per heavy atom. The molecule has 128 valence electrons. The van der Waals surface area contributed by atoms with Crippen LogP contribution in [-0.4, -0.2) is 30.9 Å². The van der Waals surface area contributed by atoms with Crippen LogP contribution in [0.5, 0.6) is 0 Å². The lowest BCUT2D eigenvalue weighted by Gasteiger charge is -1.99. The zero-order chi connectivity index (χ0) is 17.6. The van der Waals surface area contributed by atoms with E-state index in [4.69, 9.17) is 0 Å². The number of hydrogen-bond donors (Lipinski definition) is 2. The van der Waals surface area contributed by atoms with Crippen molar-refractivity contribution in [2.45, 2.75) is 18.8 Å². The van der Waals surface area contributed by atoms with Crippen LogP contribution in [0.4, 0.5) is 14.7 Å². The largest absolute Gasteiger partial charge is 0.288 e. The van der Waals surface area contributed by atoms with E-state index >= 15 is 0 Å². The fourth-order valence-corrected chi connectivity index (χ4v) is 2.67. The Morgan fingerprint density at radius 2 is 2.04 bits per heavy atom. The van der Waals surface area contributed by atoms with E-state index in [1.807, 2.05) is 0 Å². The third-order valence-electron chi connectivity index (χ3n) is 4.05. The predicted octanol–water partition coefficient (Wildman–Crippen LogP) is 2.61. The van der Waals surface area contributed by atoms with Crippen molar-refractivity contribution in [2.75, 3.05) is 5.32 Å². The van der Waals surface area contributed by atoms with Crippen molar-refractivity contribution in [3.8, 4) is 11.4 Å². The summed E-state index contributed by atoms with van der Waals surface area (Å²) in [5.74, 6) is -1.76. The van der Waals surface area contributed by atoms with Crippen molar-refractivity contribution in [3.05, 3.63) is 47.3 Å². The highest BCUT2D eigenvalue weighted by atomic mass is 19.1. The second-order valence-electron chi connectivity index (χ2n) is 5.91. The number of halogens is 2. The Balaban J connectivity index is 1.55. The van der Waals surface area contributed by atoms with Crippen LogP contribution >= 0.6 is 0 Å². The molecule has 0 radical (unpaired) electrons. The van der Waals surface area contributed by atoms with E-state index in [0.717, 1.165) is 30.7 Å². The van der Waals surface area contributed by atoms with Crippen molar-refractivity contribution in [2.24, 2.45) is 7.05 Å². The van der Waals surface area contributed by atoms with Gasteiger partial charge in [0, 0.05) is 18.7 Å². The van der Waals surface area contributed by atoms with Crippen LogP contribution in [0.1, 0.15) is 34.9 Å². The van der Waals surface area contributed by atoms with Crippen molar-refractivity contribution in [1.29, 1.82) is 0 Å². The first-order valence-electron chi connectivity index (χ1n) is 7.75. The summed E-state index contributed by atoms with van der Waals surface area (Å²) in [5.41, 5.74) is 0.923. The van der Waals surface area contributed by atoms with Gasteiger partial charge < -0.3 is 0 Å². The summed E-state index contributed by atoms with van der Waals surface area (Å²) in [6, 6.07) is 5.22. The zero-order valence-corrected chi connectivity index (χ0v) is 13.3. The van der Waals surface area contributed by atoms with Crippen LogP contribution in [-0.2, 0) is 7.05 Å². The Hall–Kier alpha value is -3.10. The molecule has 0 spiro atoms. The van der Waals surface area contributed by atoms with Crippen LogP contribution in [0.3, 0.4) is 0 Å². The van der Waals surface area contributed by atoms with Gasteiger partial charge in [-0.05, 0) is 31.0 Å². The van der Waals surface area contributed by atoms with Gasteiger partial charge in [-0.25, -0.2) is 8.78 Å². The lowest BCUT2D eigenvalue weighted by atomic mass is 10.2. The van der Waals surface area contributed by atoms with E-state index in [0.29, 0.717) is 5.92 Å². The lowest BCUT2D eigenvalue weighted by molar-refractivity contribution is 0.102. The molecule has 0 atom stereocenters. The number of nitrogens with one attached hydrogen (secondary N) is 2. The van der Waals surface area contributed by atoms with Gasteiger partial charge in [0.05, 0.1) is 5.56 Å². The summed E-state index contributed by atoms with van der Waals surface area (Å²) in [6.45, 7) is 0. The summed E-state index contributed by atoms with van der Waals surface area (Å²) in [4.78, 5) is 16.2. The van der Waals surface area contributed by atoms with Gasteiger partial charge >= 0.3 is 0 Å². The van der Waals surface area contributed by atoms with E-state index in [-0.39, 0.29) is 23.0 Å². The summed E-state index contributed by atoms with van der Waals surface area (Å²) in [5, 5.41) is 12.9. The first-order valence-corrected chi connectivity index (χ1v) is 7.75. The number of carbonyl (C=O) groups is 1. The number of aryl methyl sites for hydroxylation is 1. The molecule has 1 saturated carbocycles. The van der Waals surface area contributed by atoms with Crippen LogP contribution in [0.25, 0.3) is 11.4 Å². The molecular formula is C16H14F2N6O. The lowest BCUT2D eigenvalue weighted by Crippen LogP contribution is -2.14. The second-order valence-corrected chi connectivity index (χ2v) is 5.91. The molecule has 0 aliphatic heterocycles. The monoisotopic (exact) mass is 344 g/mol. The maximum absolute atomic E-state index is 13.8. The third-order valence-corrected chi connectivity index (χ3v) is 4.05. The smallest absolute Gasteiger partial charge is 0.278 e. The fourth-order valence-electron chi connectivity index (χ4n) is 2.67. The average Bonchev–Trinajstić information content (AvgIpc) is 3.19. The van der Waals surface area contributed by atoms with E-state index in [1.165, 1.54) is 6.07 Å². The average molecular weight is 344 g/mol. The van der Waals surface area contributed by atoms with Gasteiger partial charge in [0.1, 0.15) is 11.6 Å². The minimum absolute atomic E-state index is 0.0821. The summed E-state index contributed by atoms with van der Waals surface area (Å²) >= 11 is 0. The molecule has 2 heterocycles. The molecule has 0 bridgehead atoms. The van der Waals surface area contributed by atoms with Gasteiger partial charge in [-0.15, -0.1) is 5.10 Å². The fraction of sp³-hybridized carbons (Fsp3) is 0.250. The van der Waals surface area contributed by atoms with Crippen molar-refractivity contribution in [1.82, 2.24) is 25.0 Å². The van der Waals surface area contributed by atoms with E-state index in [1.54, 1.807) is 17.8 Å². The van der Waals surface area contributed by atoms with E-state index < -0.39 is 17.5 Å². The number of amides is 1. The highest BCUT2D eigenvalue weighted by Gasteiger charge is 2.28. The Kier molecular flexibility index (Phi) is 3.56. The molecule has 2 aromatic heterocycles. The topological polar surface area (TPSA) is 88.5 Å². The number of aromatic nitrogens is 5. The molecule has 2 N–H and O–H groups in total. The SMILES string of the molecule is Cn1nc(C(=O)Nc2n[nH]c(-c3c(F)cccc3F)n2)cc1C1CC1. The molecule has 9 heteroatoms. The van der Waals surface area contributed by atoms with Crippen LogP contribution in [0.2, 0.25) is 0 Å². The maximum Gasteiger partial charge on any atom is 0.278 e. The van der Waals surface area contributed by atoms with Gasteiger partial charge in [-0.3, -0.25) is 19.9 Å². The molecule has 1 aromatic carbocycles. The molecule has 1 fully saturated rings. The zero-order valence-electron chi connectivity index (χ0n) is 13.3. The Bertz CT molecular complexity index is 939. The van der Waals surface area contributed by atoms with Crippen LogP contribution in [0, 0.1) is 11.6 Å². The first kappa shape index (κ1) is 15.4. The van der Waals surface area contributed by atoms with Gasteiger partial charge in [-0.2, -0.15) is 10.1 Å². The Morgan fingerprint density at radius 1 is 1.32 bits per heavy atom. The van der Waals surface area contributed by atoms with Gasteiger partial charge in [-0.1, -0.05) is 6.07 Å². The molecule has 1 aliphatic rings. The van der Waals surface area contributed by atoms with Crippen molar-refractivity contribution >= 4 is 11.9 Å². The quantitative estimate of drug-likeness (QED) is 0.761. The number of aromatic amines is 1. The number of nitrogens with zero attached hydrogens (tertiary/aromatic N) is 4. The molecular weight excluding hydrogens is 330 g/mol. The van der Waals surface area contributed by atoms with E-state index in [9.17, 15) is 13.6 Å². The van der Waals surface area contributed by atoms with Crippen molar-refractivity contribution < 1.29 is 13.6 Å². The number of H-pyrrole nitrogens is 1. The molecule has 7 nitrogen and oxygen atoms in total. The van der Waals surface area contributed by atoms with Gasteiger partial charge in [0.15, 0.2) is 11.5 Å². The van der Waals surface area contributed by atoms with Crippen LogP contribution < -0.4 is 5.32 Å². The summed E-state index contributed by atoms with van der Waals surface area (Å²) < 4.78 is 29.2.